The quantitative estimate of drug-likeness (QED) is 0.703. The van der Waals surface area contributed by atoms with Gasteiger partial charge in [0.2, 0.25) is 5.91 Å². The number of rotatable bonds is 3. The highest BCUT2D eigenvalue weighted by Gasteiger charge is 2.43. The zero-order chi connectivity index (χ0) is 23.0. The number of carbonyl (C=O) groups is 1. The lowest BCUT2D eigenvalue weighted by Gasteiger charge is -2.50. The van der Waals surface area contributed by atoms with Crippen LogP contribution >= 0.6 is 0 Å². The number of piperazine rings is 1. The molecule has 0 unspecified atom stereocenters. The second-order valence-corrected chi connectivity index (χ2v) is 9.54. The van der Waals surface area contributed by atoms with E-state index in [4.69, 9.17) is 0 Å². The van der Waals surface area contributed by atoms with Gasteiger partial charge in [-0.15, -0.1) is 0 Å². The van der Waals surface area contributed by atoms with Gasteiger partial charge in [0.25, 0.3) is 0 Å². The summed E-state index contributed by atoms with van der Waals surface area (Å²) in [7, 11) is 0. The highest BCUT2D eigenvalue weighted by Crippen LogP contribution is 2.40. The Hall–Kier alpha value is -2.70. The van der Waals surface area contributed by atoms with Crippen LogP contribution in [0.1, 0.15) is 43.2 Å². The second kappa shape index (κ2) is 8.92. The summed E-state index contributed by atoms with van der Waals surface area (Å²) >= 11 is 0. The van der Waals surface area contributed by atoms with E-state index in [1.165, 1.54) is 18.6 Å². The number of fused-ring (bicyclic) bond motifs is 3. The Morgan fingerprint density at radius 2 is 1.73 bits per heavy atom. The lowest BCUT2D eigenvalue weighted by Crippen LogP contribution is -2.61. The van der Waals surface area contributed by atoms with Gasteiger partial charge in [-0.3, -0.25) is 4.79 Å². The average Bonchev–Trinajstić information content (AvgIpc) is 2.83. The van der Waals surface area contributed by atoms with Gasteiger partial charge in [0.05, 0.1) is 17.5 Å². The van der Waals surface area contributed by atoms with Crippen LogP contribution in [0.25, 0.3) is 0 Å². The molecular weight excluding hydrogens is 427 g/mol. The minimum atomic E-state index is -4.39. The lowest BCUT2D eigenvalue weighted by molar-refractivity contribution is -0.137. The predicted octanol–water partition coefficient (Wildman–Crippen LogP) is 5.02. The van der Waals surface area contributed by atoms with Gasteiger partial charge in [0.1, 0.15) is 0 Å². The van der Waals surface area contributed by atoms with E-state index < -0.39 is 11.7 Å². The first-order valence-corrected chi connectivity index (χ1v) is 12.0. The van der Waals surface area contributed by atoms with Crippen LogP contribution < -0.4 is 15.1 Å². The second-order valence-electron chi connectivity index (χ2n) is 9.54. The van der Waals surface area contributed by atoms with Gasteiger partial charge < -0.3 is 15.1 Å². The number of para-hydroxylation sites is 1. The number of hydrogen-bond acceptors (Lipinski definition) is 3. The van der Waals surface area contributed by atoms with Crippen molar-refractivity contribution in [1.82, 2.24) is 5.32 Å². The van der Waals surface area contributed by atoms with Gasteiger partial charge in [0.15, 0.2) is 0 Å². The molecule has 2 atom stereocenters. The minimum absolute atomic E-state index is 0.0186. The van der Waals surface area contributed by atoms with Crippen LogP contribution in [0.3, 0.4) is 0 Å². The molecule has 0 spiro atoms. The monoisotopic (exact) mass is 457 g/mol. The Morgan fingerprint density at radius 1 is 0.970 bits per heavy atom. The molecule has 3 aliphatic rings. The maximum absolute atomic E-state index is 13.5. The van der Waals surface area contributed by atoms with Crippen molar-refractivity contribution in [2.75, 3.05) is 29.4 Å². The molecular formula is C26H30F3N3O. The molecule has 0 bridgehead atoms. The SMILES string of the molecule is O=C(NC1CCCCC1)[C@@H]1Cc2cc(C(F)(F)F)ccc2N2CCN(c3ccccc3)C[C@@H]12. The number of amides is 1. The van der Waals surface area contributed by atoms with E-state index in [0.717, 1.165) is 43.6 Å². The summed E-state index contributed by atoms with van der Waals surface area (Å²) in [4.78, 5) is 17.9. The fourth-order valence-corrected chi connectivity index (χ4v) is 5.73. The van der Waals surface area contributed by atoms with E-state index in [0.29, 0.717) is 25.1 Å². The Labute approximate surface area is 192 Å². The molecule has 176 valence electrons. The maximum atomic E-state index is 13.5. The van der Waals surface area contributed by atoms with Gasteiger partial charge in [0, 0.05) is 37.1 Å². The number of benzene rings is 2. The molecule has 2 aromatic rings. The topological polar surface area (TPSA) is 35.6 Å². The fourth-order valence-electron chi connectivity index (χ4n) is 5.73. The van der Waals surface area contributed by atoms with Crippen molar-refractivity contribution >= 4 is 17.3 Å². The molecule has 2 aromatic carbocycles. The van der Waals surface area contributed by atoms with E-state index in [1.54, 1.807) is 6.07 Å². The number of alkyl halides is 3. The van der Waals surface area contributed by atoms with Crippen LogP contribution in [0.15, 0.2) is 48.5 Å². The van der Waals surface area contributed by atoms with Gasteiger partial charge in [-0.1, -0.05) is 37.5 Å². The zero-order valence-corrected chi connectivity index (χ0v) is 18.7. The molecule has 2 heterocycles. The number of nitrogens with one attached hydrogen (secondary N) is 1. The summed E-state index contributed by atoms with van der Waals surface area (Å²) in [5.41, 5.74) is 1.93. The van der Waals surface area contributed by atoms with Crippen LogP contribution in [0.2, 0.25) is 0 Å². The Morgan fingerprint density at radius 3 is 2.45 bits per heavy atom. The smallest absolute Gasteiger partial charge is 0.368 e. The molecule has 0 aromatic heterocycles. The standard InChI is InChI=1S/C26H30F3N3O/c27-26(28,29)19-11-12-23-18(15-19)16-22(25(33)30-20-7-3-1-4-8-20)24-17-31(13-14-32(23)24)21-9-5-2-6-10-21/h2,5-6,9-12,15,20,22,24H,1,3-4,7-8,13-14,16-17H2,(H,30,33)/t22-,24+/m1/s1. The number of halogens is 3. The van der Waals surface area contributed by atoms with Gasteiger partial charge in [-0.25, -0.2) is 0 Å². The van der Waals surface area contributed by atoms with Crippen LogP contribution in [-0.4, -0.2) is 37.6 Å². The van der Waals surface area contributed by atoms with Crippen LogP contribution in [-0.2, 0) is 17.4 Å². The Balaban J connectivity index is 1.45. The van der Waals surface area contributed by atoms with E-state index in [1.807, 2.05) is 18.2 Å². The summed E-state index contributed by atoms with van der Waals surface area (Å²) < 4.78 is 40.2. The summed E-state index contributed by atoms with van der Waals surface area (Å²) in [6.07, 6.45) is 1.34. The van der Waals surface area contributed by atoms with Crippen molar-refractivity contribution in [2.45, 2.75) is 56.8 Å². The van der Waals surface area contributed by atoms with E-state index in [2.05, 4.69) is 27.2 Å². The number of hydrogen-bond donors (Lipinski definition) is 1. The molecule has 7 heteroatoms. The number of nitrogens with zero attached hydrogens (tertiary/aromatic N) is 2. The fraction of sp³-hybridized carbons (Fsp3) is 0.500. The third kappa shape index (κ3) is 4.55. The first-order valence-electron chi connectivity index (χ1n) is 12.0. The van der Waals surface area contributed by atoms with Crippen molar-refractivity contribution in [3.05, 3.63) is 59.7 Å². The van der Waals surface area contributed by atoms with Crippen molar-refractivity contribution < 1.29 is 18.0 Å². The molecule has 2 aliphatic heterocycles. The molecule has 1 saturated carbocycles. The predicted molar refractivity (Wildman–Crippen MR) is 123 cm³/mol. The molecule has 33 heavy (non-hydrogen) atoms. The third-order valence-corrected chi connectivity index (χ3v) is 7.45. The van der Waals surface area contributed by atoms with Crippen LogP contribution in [0.4, 0.5) is 24.5 Å². The molecule has 2 fully saturated rings. The summed E-state index contributed by atoms with van der Waals surface area (Å²) in [6.45, 7) is 2.11. The van der Waals surface area contributed by atoms with Crippen molar-refractivity contribution in [2.24, 2.45) is 5.92 Å². The number of anilines is 2. The van der Waals surface area contributed by atoms with E-state index >= 15 is 0 Å². The van der Waals surface area contributed by atoms with Crippen molar-refractivity contribution in [1.29, 1.82) is 0 Å². The first-order chi connectivity index (χ1) is 15.9. The van der Waals surface area contributed by atoms with E-state index in [-0.39, 0.29) is 23.9 Å². The molecule has 1 amide bonds. The highest BCUT2D eigenvalue weighted by molar-refractivity contribution is 5.82. The molecule has 0 radical (unpaired) electrons. The molecule has 1 saturated heterocycles. The number of carbonyl (C=O) groups excluding carboxylic acids is 1. The summed E-state index contributed by atoms with van der Waals surface area (Å²) in [5.74, 6) is -0.399. The van der Waals surface area contributed by atoms with Gasteiger partial charge in [-0.2, -0.15) is 13.2 Å². The minimum Gasteiger partial charge on any atom is -0.368 e. The van der Waals surface area contributed by atoms with E-state index in [9.17, 15) is 18.0 Å². The van der Waals surface area contributed by atoms with Crippen LogP contribution in [0.5, 0.6) is 0 Å². The maximum Gasteiger partial charge on any atom is 0.416 e. The summed E-state index contributed by atoms with van der Waals surface area (Å²) in [6, 6.07) is 14.2. The zero-order valence-electron chi connectivity index (χ0n) is 18.7. The summed E-state index contributed by atoms with van der Waals surface area (Å²) in [5, 5.41) is 3.25. The molecule has 1 aliphatic carbocycles. The molecule has 4 nitrogen and oxygen atoms in total. The lowest BCUT2D eigenvalue weighted by atomic mass is 9.82. The van der Waals surface area contributed by atoms with Gasteiger partial charge in [-0.05, 0) is 55.2 Å². The highest BCUT2D eigenvalue weighted by atomic mass is 19.4. The van der Waals surface area contributed by atoms with Crippen molar-refractivity contribution in [3.8, 4) is 0 Å². The first kappa shape index (κ1) is 22.1. The average molecular weight is 458 g/mol. The Kier molecular flexibility index (Phi) is 5.97. The third-order valence-electron chi connectivity index (χ3n) is 7.45. The van der Waals surface area contributed by atoms with Crippen molar-refractivity contribution in [3.63, 3.8) is 0 Å². The largest absolute Gasteiger partial charge is 0.416 e. The van der Waals surface area contributed by atoms with Gasteiger partial charge >= 0.3 is 6.18 Å². The Bertz CT molecular complexity index is 988. The van der Waals surface area contributed by atoms with Crippen LogP contribution in [0, 0.1) is 5.92 Å². The molecule has 5 rings (SSSR count). The normalized spacial score (nSPS) is 23.6. The molecule has 1 N–H and O–H groups in total.